The van der Waals surface area contributed by atoms with Gasteiger partial charge in [0, 0.05) is 12.8 Å². The molecule has 2 unspecified atom stereocenters. The predicted molar refractivity (Wildman–Crippen MR) is 278 cm³/mol. The van der Waals surface area contributed by atoms with Gasteiger partial charge in [0.1, 0.15) is 0 Å². The van der Waals surface area contributed by atoms with Gasteiger partial charge in [-0.25, -0.2) is 0 Å². The van der Waals surface area contributed by atoms with Gasteiger partial charge >= 0.3 is 5.97 Å². The first-order valence-electron chi connectivity index (χ1n) is 28.6. The number of aliphatic hydroxyl groups is 2. The fourth-order valence-electron chi connectivity index (χ4n) is 8.81. The molecule has 6 heteroatoms. The van der Waals surface area contributed by atoms with Gasteiger partial charge < -0.3 is 20.3 Å². The SMILES string of the molecule is CCCCCCCCCCCCCCC/C=C/C(O)C(CO)NC(=O)CCCCC/C=C\CCCCCCCCOC(=O)CCCCCCCCCCCCCCCCCCCCC. The number of hydrogen-bond acceptors (Lipinski definition) is 5. The molecule has 0 aliphatic heterocycles. The van der Waals surface area contributed by atoms with Gasteiger partial charge in [0.25, 0.3) is 0 Å². The van der Waals surface area contributed by atoms with E-state index in [1.54, 1.807) is 6.08 Å². The Labute approximate surface area is 399 Å². The molecule has 0 aliphatic carbocycles. The van der Waals surface area contributed by atoms with Crippen LogP contribution in [0.5, 0.6) is 0 Å². The van der Waals surface area contributed by atoms with Crippen LogP contribution in [0, 0.1) is 0 Å². The molecule has 0 saturated carbocycles. The van der Waals surface area contributed by atoms with Gasteiger partial charge in [0.05, 0.1) is 25.4 Å². The van der Waals surface area contributed by atoms with Crippen LogP contribution in [-0.2, 0) is 14.3 Å². The van der Waals surface area contributed by atoms with Crippen molar-refractivity contribution in [2.75, 3.05) is 13.2 Å². The maximum Gasteiger partial charge on any atom is 0.305 e. The van der Waals surface area contributed by atoms with Crippen LogP contribution >= 0.6 is 0 Å². The Bertz CT molecular complexity index is 997. The van der Waals surface area contributed by atoms with E-state index in [1.165, 1.54) is 212 Å². The van der Waals surface area contributed by atoms with Crippen molar-refractivity contribution >= 4 is 11.9 Å². The number of ether oxygens (including phenoxy) is 1. The van der Waals surface area contributed by atoms with Crippen molar-refractivity contribution in [3.63, 3.8) is 0 Å². The normalized spacial score (nSPS) is 12.8. The van der Waals surface area contributed by atoms with Gasteiger partial charge in [-0.15, -0.1) is 0 Å². The zero-order valence-corrected chi connectivity index (χ0v) is 43.0. The summed E-state index contributed by atoms with van der Waals surface area (Å²) in [5, 5.41) is 23.1. The molecule has 0 spiro atoms. The second-order valence-corrected chi connectivity index (χ2v) is 19.6. The Balaban J connectivity index is 3.48. The molecule has 0 aliphatic rings. The zero-order chi connectivity index (χ0) is 46.5. The quantitative estimate of drug-likeness (QED) is 0.0321. The average Bonchev–Trinajstić information content (AvgIpc) is 3.29. The number of esters is 1. The topological polar surface area (TPSA) is 95.9 Å². The second kappa shape index (κ2) is 54.0. The van der Waals surface area contributed by atoms with E-state index >= 15 is 0 Å². The van der Waals surface area contributed by atoms with Gasteiger partial charge in [-0.2, -0.15) is 0 Å². The molecule has 0 aromatic heterocycles. The van der Waals surface area contributed by atoms with Crippen LogP contribution in [0.4, 0.5) is 0 Å². The Kier molecular flexibility index (Phi) is 52.6. The lowest BCUT2D eigenvalue weighted by molar-refractivity contribution is -0.143. The first-order valence-corrected chi connectivity index (χ1v) is 28.6. The van der Waals surface area contributed by atoms with Crippen LogP contribution in [-0.4, -0.2) is 47.4 Å². The highest BCUT2D eigenvalue weighted by molar-refractivity contribution is 5.76. The standard InChI is InChI=1S/C58H111NO5/c1-3-5-7-9-11-13-15-17-19-20-21-22-24-28-32-36-40-44-48-52-58(63)64-53-49-45-41-37-33-29-25-27-31-35-39-43-47-51-57(62)59-55(54-60)56(61)50-46-42-38-34-30-26-23-18-16-14-12-10-8-6-4-2/h27,31,46,50,55-56,60-61H,3-26,28-30,32-45,47-49,51-54H2,1-2H3,(H,59,62)/b31-27-,50-46+. The third-order valence-electron chi connectivity index (χ3n) is 13.2. The number of carbonyl (C=O) groups excluding carboxylic acids is 2. The fraction of sp³-hybridized carbons (Fsp3) is 0.897. The van der Waals surface area contributed by atoms with Crippen LogP contribution in [0.1, 0.15) is 309 Å². The maximum absolute atomic E-state index is 12.4. The molecule has 0 fully saturated rings. The average molecular weight is 903 g/mol. The lowest BCUT2D eigenvalue weighted by atomic mass is 10.0. The third-order valence-corrected chi connectivity index (χ3v) is 13.2. The lowest BCUT2D eigenvalue weighted by Crippen LogP contribution is -2.45. The summed E-state index contributed by atoms with van der Waals surface area (Å²) in [7, 11) is 0. The van der Waals surface area contributed by atoms with E-state index in [1.807, 2.05) is 6.08 Å². The molecule has 0 heterocycles. The minimum atomic E-state index is -0.861. The number of aliphatic hydroxyl groups excluding tert-OH is 2. The summed E-state index contributed by atoms with van der Waals surface area (Å²) < 4.78 is 5.48. The highest BCUT2D eigenvalue weighted by Crippen LogP contribution is 2.17. The van der Waals surface area contributed by atoms with Crippen molar-refractivity contribution in [1.82, 2.24) is 5.32 Å². The first-order chi connectivity index (χ1) is 31.5. The fourth-order valence-corrected chi connectivity index (χ4v) is 8.81. The Morgan fingerprint density at radius 1 is 0.422 bits per heavy atom. The Hall–Kier alpha value is -1.66. The number of nitrogens with one attached hydrogen (secondary N) is 1. The van der Waals surface area contributed by atoms with Gasteiger partial charge in [-0.05, 0) is 57.8 Å². The summed E-state index contributed by atoms with van der Waals surface area (Å²) in [6, 6.07) is -0.647. The van der Waals surface area contributed by atoms with Gasteiger partial charge in [-0.3, -0.25) is 9.59 Å². The molecule has 0 aromatic carbocycles. The highest BCUT2D eigenvalue weighted by Gasteiger charge is 2.18. The number of carbonyl (C=O) groups is 2. The summed E-state index contributed by atoms with van der Waals surface area (Å²) in [6.07, 6.45) is 64.8. The predicted octanol–water partition coefficient (Wildman–Crippen LogP) is 17.5. The minimum absolute atomic E-state index is 0.00918. The van der Waals surface area contributed by atoms with Crippen molar-refractivity contribution in [2.24, 2.45) is 0 Å². The number of hydrogen-bond donors (Lipinski definition) is 3. The van der Waals surface area contributed by atoms with Crippen LogP contribution in [0.25, 0.3) is 0 Å². The molecular formula is C58H111NO5. The van der Waals surface area contributed by atoms with Gasteiger partial charge in [-0.1, -0.05) is 263 Å². The van der Waals surface area contributed by atoms with E-state index < -0.39 is 12.1 Å². The molecule has 0 saturated heterocycles. The van der Waals surface area contributed by atoms with E-state index in [0.717, 1.165) is 70.6 Å². The van der Waals surface area contributed by atoms with Crippen molar-refractivity contribution in [1.29, 1.82) is 0 Å². The van der Waals surface area contributed by atoms with Gasteiger partial charge in [0.2, 0.25) is 5.91 Å². The van der Waals surface area contributed by atoms with E-state index in [0.29, 0.717) is 19.4 Å². The molecule has 0 bridgehead atoms. The number of amides is 1. The van der Waals surface area contributed by atoms with Crippen molar-refractivity contribution in [3.05, 3.63) is 24.3 Å². The smallest absolute Gasteiger partial charge is 0.305 e. The summed E-state index contributed by atoms with van der Waals surface area (Å²) >= 11 is 0. The molecule has 0 radical (unpaired) electrons. The summed E-state index contributed by atoms with van der Waals surface area (Å²) in [5.74, 6) is -0.106. The molecule has 378 valence electrons. The highest BCUT2D eigenvalue weighted by atomic mass is 16.5. The van der Waals surface area contributed by atoms with Crippen LogP contribution < -0.4 is 5.32 Å². The monoisotopic (exact) mass is 902 g/mol. The van der Waals surface area contributed by atoms with E-state index in [4.69, 9.17) is 4.74 Å². The first kappa shape index (κ1) is 62.3. The van der Waals surface area contributed by atoms with Crippen molar-refractivity contribution in [2.45, 2.75) is 321 Å². The number of unbranched alkanes of at least 4 members (excludes halogenated alkanes) is 40. The molecule has 3 N–H and O–H groups in total. The van der Waals surface area contributed by atoms with Crippen molar-refractivity contribution in [3.8, 4) is 0 Å². The molecular weight excluding hydrogens is 791 g/mol. The lowest BCUT2D eigenvalue weighted by Gasteiger charge is -2.19. The number of rotatable bonds is 53. The largest absolute Gasteiger partial charge is 0.466 e. The van der Waals surface area contributed by atoms with E-state index in [9.17, 15) is 19.8 Å². The summed E-state index contributed by atoms with van der Waals surface area (Å²) in [4.78, 5) is 24.5. The van der Waals surface area contributed by atoms with Crippen LogP contribution in [0.15, 0.2) is 24.3 Å². The molecule has 6 nitrogen and oxygen atoms in total. The second-order valence-electron chi connectivity index (χ2n) is 19.6. The molecule has 0 rings (SSSR count). The van der Waals surface area contributed by atoms with Crippen LogP contribution in [0.2, 0.25) is 0 Å². The Morgan fingerprint density at radius 3 is 1.12 bits per heavy atom. The van der Waals surface area contributed by atoms with E-state index in [2.05, 4.69) is 31.3 Å². The maximum atomic E-state index is 12.4. The van der Waals surface area contributed by atoms with Gasteiger partial charge in [0.15, 0.2) is 0 Å². The molecule has 0 aromatic rings. The van der Waals surface area contributed by atoms with Crippen LogP contribution in [0.3, 0.4) is 0 Å². The third kappa shape index (κ3) is 49.8. The molecule has 64 heavy (non-hydrogen) atoms. The minimum Gasteiger partial charge on any atom is -0.466 e. The van der Waals surface area contributed by atoms with Crippen molar-refractivity contribution < 1.29 is 24.5 Å². The Morgan fingerprint density at radius 2 is 0.734 bits per heavy atom. The molecule has 2 atom stereocenters. The number of allylic oxidation sites excluding steroid dienone is 3. The summed E-state index contributed by atoms with van der Waals surface area (Å²) in [5.41, 5.74) is 0. The van der Waals surface area contributed by atoms with E-state index in [-0.39, 0.29) is 18.5 Å². The summed E-state index contributed by atoms with van der Waals surface area (Å²) in [6.45, 7) is 4.88. The zero-order valence-electron chi connectivity index (χ0n) is 43.0. The molecule has 1 amide bonds.